The first-order valence-electron chi connectivity index (χ1n) is 6.62. The summed E-state index contributed by atoms with van der Waals surface area (Å²) in [5.41, 5.74) is 12.2. The van der Waals surface area contributed by atoms with E-state index in [1.807, 2.05) is 0 Å². The van der Waals surface area contributed by atoms with E-state index in [0.29, 0.717) is 35.5 Å². The van der Waals surface area contributed by atoms with Crippen molar-refractivity contribution in [1.82, 2.24) is 0 Å². The lowest BCUT2D eigenvalue weighted by atomic mass is 10.1. The van der Waals surface area contributed by atoms with Gasteiger partial charge in [0, 0.05) is 18.8 Å². The largest absolute Gasteiger partial charge is 0.399 e. The molecule has 0 aliphatic rings. The molecule has 0 radical (unpaired) electrons. The molecule has 6 heteroatoms. The van der Waals surface area contributed by atoms with Crippen LogP contribution in [0.5, 0.6) is 0 Å². The van der Waals surface area contributed by atoms with Crippen LogP contribution < -0.4 is 16.8 Å². The predicted molar refractivity (Wildman–Crippen MR) is 83.1 cm³/mol. The van der Waals surface area contributed by atoms with Gasteiger partial charge >= 0.3 is 0 Å². The van der Waals surface area contributed by atoms with Gasteiger partial charge in [0.25, 0.3) is 5.91 Å². The van der Waals surface area contributed by atoms with Crippen molar-refractivity contribution in [3.05, 3.63) is 22.7 Å². The van der Waals surface area contributed by atoms with Crippen LogP contribution in [0.25, 0.3) is 0 Å². The second kappa shape index (κ2) is 7.97. The van der Waals surface area contributed by atoms with Crippen molar-refractivity contribution < 1.29 is 9.53 Å². The van der Waals surface area contributed by atoms with Crippen LogP contribution in [0.15, 0.2) is 12.1 Å². The monoisotopic (exact) mass is 299 g/mol. The van der Waals surface area contributed by atoms with E-state index in [2.05, 4.69) is 19.2 Å². The van der Waals surface area contributed by atoms with Crippen LogP contribution in [0.2, 0.25) is 5.02 Å². The zero-order valence-electron chi connectivity index (χ0n) is 11.9. The molecule has 0 saturated heterocycles. The molecule has 20 heavy (non-hydrogen) atoms. The van der Waals surface area contributed by atoms with Gasteiger partial charge in [0.1, 0.15) is 0 Å². The van der Waals surface area contributed by atoms with Gasteiger partial charge in [-0.15, -0.1) is 0 Å². The smallest absolute Gasteiger partial charge is 0.250 e. The van der Waals surface area contributed by atoms with E-state index in [-0.39, 0.29) is 5.56 Å². The molecule has 0 atom stereocenters. The highest BCUT2D eigenvalue weighted by molar-refractivity contribution is 6.34. The number of hydrogen-bond acceptors (Lipinski definition) is 4. The van der Waals surface area contributed by atoms with Crippen LogP contribution in [0.4, 0.5) is 11.4 Å². The zero-order valence-corrected chi connectivity index (χ0v) is 12.7. The topological polar surface area (TPSA) is 90.4 Å². The average molecular weight is 300 g/mol. The van der Waals surface area contributed by atoms with Crippen LogP contribution >= 0.6 is 11.6 Å². The predicted octanol–water partition coefficient (Wildman–Crippen LogP) is 2.50. The van der Waals surface area contributed by atoms with Gasteiger partial charge in [-0.25, -0.2) is 0 Å². The summed E-state index contributed by atoms with van der Waals surface area (Å²) in [6.07, 6.45) is 1.02. The van der Waals surface area contributed by atoms with E-state index in [1.165, 1.54) is 6.07 Å². The van der Waals surface area contributed by atoms with Gasteiger partial charge in [0.15, 0.2) is 0 Å². The Labute approximate surface area is 124 Å². The fraction of sp³-hybridized carbons (Fsp3) is 0.500. The molecular formula is C14H22ClN3O2. The lowest BCUT2D eigenvalue weighted by Crippen LogP contribution is -2.17. The fourth-order valence-corrected chi connectivity index (χ4v) is 1.97. The van der Waals surface area contributed by atoms with Gasteiger partial charge in [0.2, 0.25) is 0 Å². The molecule has 112 valence electrons. The third kappa shape index (κ3) is 5.27. The summed E-state index contributed by atoms with van der Waals surface area (Å²) >= 11 is 6.07. The summed E-state index contributed by atoms with van der Waals surface area (Å²) in [6.45, 7) is 6.09. The Morgan fingerprint density at radius 1 is 1.40 bits per heavy atom. The van der Waals surface area contributed by atoms with Crippen molar-refractivity contribution in [2.75, 3.05) is 30.8 Å². The first-order chi connectivity index (χ1) is 9.41. The number of amides is 1. The Balaban J connectivity index is 2.53. The van der Waals surface area contributed by atoms with Crippen molar-refractivity contribution in [3.63, 3.8) is 0 Å². The number of ether oxygens (including phenoxy) is 1. The molecule has 0 aromatic heterocycles. The average Bonchev–Trinajstić information content (AvgIpc) is 2.34. The third-order valence-corrected chi connectivity index (χ3v) is 3.06. The molecule has 0 saturated carbocycles. The maximum Gasteiger partial charge on any atom is 0.250 e. The number of nitrogens with one attached hydrogen (secondary N) is 1. The summed E-state index contributed by atoms with van der Waals surface area (Å²) in [7, 11) is 0. The van der Waals surface area contributed by atoms with Gasteiger partial charge in [0.05, 0.1) is 22.9 Å². The number of anilines is 2. The van der Waals surface area contributed by atoms with Gasteiger partial charge in [-0.05, 0) is 24.5 Å². The molecule has 0 heterocycles. The van der Waals surface area contributed by atoms with Crippen LogP contribution in [0.1, 0.15) is 30.6 Å². The van der Waals surface area contributed by atoms with Crippen LogP contribution in [0, 0.1) is 5.92 Å². The Kier molecular flexibility index (Phi) is 6.61. The first kappa shape index (κ1) is 16.6. The number of nitrogen functional groups attached to an aromatic ring is 1. The molecule has 5 N–H and O–H groups in total. The number of primary amides is 1. The van der Waals surface area contributed by atoms with E-state index >= 15 is 0 Å². The second-order valence-corrected chi connectivity index (χ2v) is 5.42. The summed E-state index contributed by atoms with van der Waals surface area (Å²) in [6, 6.07) is 3.09. The van der Waals surface area contributed by atoms with E-state index in [9.17, 15) is 4.79 Å². The zero-order chi connectivity index (χ0) is 15.1. The van der Waals surface area contributed by atoms with Crippen LogP contribution in [0.3, 0.4) is 0 Å². The van der Waals surface area contributed by atoms with Crippen molar-refractivity contribution in [2.24, 2.45) is 11.7 Å². The molecule has 1 aromatic carbocycles. The van der Waals surface area contributed by atoms with E-state index in [0.717, 1.165) is 13.0 Å². The molecular weight excluding hydrogens is 278 g/mol. The lowest BCUT2D eigenvalue weighted by molar-refractivity contribution is 0.100. The molecule has 5 nitrogen and oxygen atoms in total. The quantitative estimate of drug-likeness (QED) is 0.508. The minimum absolute atomic E-state index is 0.289. The second-order valence-electron chi connectivity index (χ2n) is 5.01. The first-order valence-corrected chi connectivity index (χ1v) is 7.00. The van der Waals surface area contributed by atoms with Gasteiger partial charge in [-0.3, -0.25) is 4.79 Å². The van der Waals surface area contributed by atoms with Crippen molar-refractivity contribution >= 4 is 28.9 Å². The lowest BCUT2D eigenvalue weighted by Gasteiger charge is -2.13. The number of rotatable bonds is 8. The maximum absolute atomic E-state index is 11.4. The standard InChI is InChI=1S/C14H22ClN3O2/c1-9(2)3-5-20-6-4-18-13-11(14(17)19)7-10(16)8-12(13)15/h7-9,18H,3-6,16H2,1-2H3,(H2,17,19). The highest BCUT2D eigenvalue weighted by atomic mass is 35.5. The highest BCUT2D eigenvalue weighted by Crippen LogP contribution is 2.28. The molecule has 0 bridgehead atoms. The number of halogens is 1. The Hall–Kier alpha value is -1.46. The molecule has 0 unspecified atom stereocenters. The summed E-state index contributed by atoms with van der Waals surface area (Å²) in [5.74, 6) is 0.0541. The number of hydrogen-bond donors (Lipinski definition) is 3. The minimum atomic E-state index is -0.567. The molecule has 1 rings (SSSR count). The maximum atomic E-state index is 11.4. The molecule has 1 amide bonds. The van der Waals surface area contributed by atoms with E-state index < -0.39 is 5.91 Å². The van der Waals surface area contributed by atoms with Gasteiger partial charge in [-0.1, -0.05) is 25.4 Å². The van der Waals surface area contributed by atoms with Crippen LogP contribution in [-0.2, 0) is 4.74 Å². The molecule has 0 fully saturated rings. The number of carbonyl (C=O) groups excluding carboxylic acids is 1. The van der Waals surface area contributed by atoms with Crippen molar-refractivity contribution in [1.29, 1.82) is 0 Å². The normalized spacial score (nSPS) is 10.8. The van der Waals surface area contributed by atoms with Gasteiger partial charge in [-0.2, -0.15) is 0 Å². The molecule has 0 spiro atoms. The Morgan fingerprint density at radius 2 is 2.10 bits per heavy atom. The summed E-state index contributed by atoms with van der Waals surface area (Å²) < 4.78 is 5.48. The van der Waals surface area contributed by atoms with Crippen molar-refractivity contribution in [2.45, 2.75) is 20.3 Å². The number of benzene rings is 1. The van der Waals surface area contributed by atoms with E-state index in [4.69, 9.17) is 27.8 Å². The number of carbonyl (C=O) groups is 1. The fourth-order valence-electron chi connectivity index (χ4n) is 1.67. The SMILES string of the molecule is CC(C)CCOCCNc1c(Cl)cc(N)cc1C(N)=O. The van der Waals surface area contributed by atoms with Gasteiger partial charge < -0.3 is 21.5 Å². The third-order valence-electron chi connectivity index (χ3n) is 2.77. The van der Waals surface area contributed by atoms with E-state index in [1.54, 1.807) is 6.07 Å². The summed E-state index contributed by atoms with van der Waals surface area (Å²) in [4.78, 5) is 11.4. The minimum Gasteiger partial charge on any atom is -0.399 e. The van der Waals surface area contributed by atoms with Crippen molar-refractivity contribution in [3.8, 4) is 0 Å². The Morgan fingerprint density at radius 3 is 2.70 bits per heavy atom. The molecule has 1 aromatic rings. The van der Waals surface area contributed by atoms with Crippen LogP contribution in [-0.4, -0.2) is 25.7 Å². The Bertz CT molecular complexity index is 464. The number of nitrogens with two attached hydrogens (primary N) is 2. The molecule has 0 aliphatic carbocycles. The molecule has 0 aliphatic heterocycles. The summed E-state index contributed by atoms with van der Waals surface area (Å²) in [5, 5.41) is 3.44. The highest BCUT2D eigenvalue weighted by Gasteiger charge is 2.12.